The third-order valence-electron chi connectivity index (χ3n) is 8.44. The van der Waals surface area contributed by atoms with Crippen LogP contribution in [-0.4, -0.2) is 44.1 Å². The van der Waals surface area contributed by atoms with Crippen molar-refractivity contribution >= 4 is 11.7 Å². The standard InChI is InChI=1S/C36H41N3O3/c1-2-38-26-28(25-37-38)14-9-20-34(40)32(22-27-12-5-3-6-13-27)24-35(41)30-17-10-18-31(23-30)36(42)39-21-11-19-33(39)29-15-7-4-8-16-29/h3-8,10,12-13,15-18,23,25-26,32-34,40H,2,9,11,14,19-22,24H2,1H3/t32-,33?,34-/m1/s1. The van der Waals surface area contributed by atoms with Gasteiger partial charge in [0.05, 0.1) is 18.3 Å². The summed E-state index contributed by atoms with van der Waals surface area (Å²) in [6, 6.07) is 27.4. The van der Waals surface area contributed by atoms with E-state index in [9.17, 15) is 14.7 Å². The zero-order chi connectivity index (χ0) is 29.3. The van der Waals surface area contributed by atoms with Crippen molar-refractivity contribution in [1.29, 1.82) is 0 Å². The second kappa shape index (κ2) is 14.2. The Balaban J connectivity index is 1.27. The fourth-order valence-electron chi connectivity index (χ4n) is 6.10. The normalized spacial score (nSPS) is 16.3. The van der Waals surface area contributed by atoms with E-state index in [-0.39, 0.29) is 30.1 Å². The number of carbonyl (C=O) groups excluding carboxylic acids is 2. The molecule has 1 fully saturated rings. The van der Waals surface area contributed by atoms with Crippen LogP contribution in [-0.2, 0) is 19.4 Å². The second-order valence-electron chi connectivity index (χ2n) is 11.4. The molecule has 6 nitrogen and oxygen atoms in total. The van der Waals surface area contributed by atoms with Gasteiger partial charge in [0.1, 0.15) is 0 Å². The molecule has 2 heterocycles. The van der Waals surface area contributed by atoms with Crippen molar-refractivity contribution in [2.24, 2.45) is 5.92 Å². The maximum atomic E-state index is 13.6. The van der Waals surface area contributed by atoms with E-state index in [1.54, 1.807) is 24.3 Å². The van der Waals surface area contributed by atoms with E-state index in [4.69, 9.17) is 0 Å². The molecule has 5 rings (SSSR count). The van der Waals surface area contributed by atoms with E-state index < -0.39 is 6.10 Å². The summed E-state index contributed by atoms with van der Waals surface area (Å²) >= 11 is 0. The van der Waals surface area contributed by atoms with Crippen LogP contribution in [0.25, 0.3) is 0 Å². The predicted octanol–water partition coefficient (Wildman–Crippen LogP) is 6.70. The monoisotopic (exact) mass is 563 g/mol. The molecular formula is C36H41N3O3. The first-order valence-corrected chi connectivity index (χ1v) is 15.2. The Morgan fingerprint density at radius 2 is 1.69 bits per heavy atom. The number of carbonyl (C=O) groups is 2. The average molecular weight is 564 g/mol. The molecule has 1 unspecified atom stereocenters. The van der Waals surface area contributed by atoms with E-state index in [0.29, 0.717) is 30.5 Å². The Hall–Kier alpha value is -4.03. The van der Waals surface area contributed by atoms with Gasteiger partial charge in [0.25, 0.3) is 5.91 Å². The lowest BCUT2D eigenvalue weighted by Crippen LogP contribution is -2.30. The van der Waals surface area contributed by atoms with Crippen LogP contribution in [0.15, 0.2) is 97.3 Å². The molecule has 1 saturated heterocycles. The molecule has 0 aliphatic carbocycles. The van der Waals surface area contributed by atoms with Gasteiger partial charge in [0, 0.05) is 36.8 Å². The zero-order valence-corrected chi connectivity index (χ0v) is 24.4. The number of hydrogen-bond acceptors (Lipinski definition) is 4. The van der Waals surface area contributed by atoms with Crippen LogP contribution in [0.2, 0.25) is 0 Å². The molecule has 1 aromatic heterocycles. The predicted molar refractivity (Wildman–Crippen MR) is 165 cm³/mol. The van der Waals surface area contributed by atoms with Crippen molar-refractivity contribution in [1.82, 2.24) is 14.7 Å². The number of ketones is 1. The lowest BCUT2D eigenvalue weighted by Gasteiger charge is -2.25. The summed E-state index contributed by atoms with van der Waals surface area (Å²) in [7, 11) is 0. The highest BCUT2D eigenvalue weighted by atomic mass is 16.3. The number of benzene rings is 3. The first-order valence-electron chi connectivity index (χ1n) is 15.2. The highest BCUT2D eigenvalue weighted by Crippen LogP contribution is 2.33. The largest absolute Gasteiger partial charge is 0.393 e. The van der Waals surface area contributed by atoms with E-state index in [1.165, 1.54) is 0 Å². The highest BCUT2D eigenvalue weighted by molar-refractivity contribution is 6.01. The Labute approximate surface area is 249 Å². The van der Waals surface area contributed by atoms with Crippen molar-refractivity contribution in [3.8, 4) is 0 Å². The Bertz CT molecular complexity index is 1450. The summed E-state index contributed by atoms with van der Waals surface area (Å²) < 4.78 is 1.91. The summed E-state index contributed by atoms with van der Waals surface area (Å²) in [6.07, 6.45) is 8.33. The number of amides is 1. The van der Waals surface area contributed by atoms with E-state index in [0.717, 1.165) is 48.9 Å². The number of nitrogens with zero attached hydrogens (tertiary/aromatic N) is 3. The van der Waals surface area contributed by atoms with Crippen LogP contribution in [0, 0.1) is 5.92 Å². The molecule has 0 radical (unpaired) electrons. The number of aryl methyl sites for hydroxylation is 2. The number of likely N-dealkylation sites (tertiary alicyclic amines) is 1. The van der Waals surface area contributed by atoms with Crippen molar-refractivity contribution in [3.63, 3.8) is 0 Å². The van der Waals surface area contributed by atoms with Crippen molar-refractivity contribution < 1.29 is 14.7 Å². The van der Waals surface area contributed by atoms with Crippen molar-refractivity contribution in [2.75, 3.05) is 6.54 Å². The topological polar surface area (TPSA) is 75.4 Å². The van der Waals surface area contributed by atoms with Gasteiger partial charge in [-0.3, -0.25) is 14.3 Å². The second-order valence-corrected chi connectivity index (χ2v) is 11.4. The Kier molecular flexibility index (Phi) is 9.98. The number of aliphatic hydroxyl groups excluding tert-OH is 1. The van der Waals surface area contributed by atoms with Gasteiger partial charge in [-0.15, -0.1) is 0 Å². The van der Waals surface area contributed by atoms with Gasteiger partial charge in [0.2, 0.25) is 0 Å². The summed E-state index contributed by atoms with van der Waals surface area (Å²) in [5.41, 5.74) is 4.47. The lowest BCUT2D eigenvalue weighted by atomic mass is 9.85. The van der Waals surface area contributed by atoms with Gasteiger partial charge in [-0.2, -0.15) is 5.10 Å². The minimum absolute atomic E-state index is 0.0386. The number of aromatic nitrogens is 2. The smallest absolute Gasteiger partial charge is 0.254 e. The number of hydrogen-bond donors (Lipinski definition) is 1. The molecule has 0 bridgehead atoms. The van der Waals surface area contributed by atoms with Crippen LogP contribution in [0.5, 0.6) is 0 Å². The van der Waals surface area contributed by atoms with Gasteiger partial charge in [-0.25, -0.2) is 0 Å². The summed E-state index contributed by atoms with van der Waals surface area (Å²) in [5, 5.41) is 15.6. The molecule has 6 heteroatoms. The average Bonchev–Trinajstić information content (AvgIpc) is 3.71. The van der Waals surface area contributed by atoms with Crippen LogP contribution in [0.1, 0.15) is 82.5 Å². The van der Waals surface area contributed by atoms with Crippen molar-refractivity contribution in [3.05, 3.63) is 125 Å². The minimum atomic E-state index is -0.614. The van der Waals surface area contributed by atoms with Crippen LogP contribution in [0.4, 0.5) is 0 Å². The molecule has 1 aliphatic rings. The molecule has 4 aromatic rings. The van der Waals surface area contributed by atoms with Gasteiger partial charge >= 0.3 is 0 Å². The Morgan fingerprint density at radius 1 is 0.952 bits per heavy atom. The van der Waals surface area contributed by atoms with Crippen LogP contribution in [0.3, 0.4) is 0 Å². The number of aliphatic hydroxyl groups is 1. The molecule has 0 spiro atoms. The van der Waals surface area contributed by atoms with Gasteiger partial charge in [0.15, 0.2) is 5.78 Å². The van der Waals surface area contributed by atoms with Gasteiger partial charge < -0.3 is 10.0 Å². The molecule has 1 aliphatic heterocycles. The fourth-order valence-corrected chi connectivity index (χ4v) is 6.10. The van der Waals surface area contributed by atoms with E-state index >= 15 is 0 Å². The molecular weight excluding hydrogens is 522 g/mol. The van der Waals surface area contributed by atoms with Gasteiger partial charge in [-0.05, 0) is 80.2 Å². The molecule has 42 heavy (non-hydrogen) atoms. The highest BCUT2D eigenvalue weighted by Gasteiger charge is 2.31. The first-order chi connectivity index (χ1) is 20.5. The Morgan fingerprint density at radius 3 is 2.43 bits per heavy atom. The third-order valence-corrected chi connectivity index (χ3v) is 8.44. The van der Waals surface area contributed by atoms with Crippen LogP contribution >= 0.6 is 0 Å². The summed E-state index contributed by atoms with van der Waals surface area (Å²) in [6.45, 7) is 3.61. The van der Waals surface area contributed by atoms with Crippen LogP contribution < -0.4 is 0 Å². The third kappa shape index (κ3) is 7.42. The SMILES string of the molecule is CCn1cc(CCC[C@@H](O)[C@@H](CC(=O)c2cccc(C(=O)N3CCCC3c3ccccc3)c2)Cc2ccccc2)cn1. The van der Waals surface area contributed by atoms with E-state index in [2.05, 4.69) is 30.4 Å². The summed E-state index contributed by atoms with van der Waals surface area (Å²) in [5.74, 6) is -0.309. The quantitative estimate of drug-likeness (QED) is 0.184. The molecule has 0 saturated carbocycles. The first kappa shape index (κ1) is 29.5. The molecule has 3 atom stereocenters. The maximum Gasteiger partial charge on any atom is 0.254 e. The lowest BCUT2D eigenvalue weighted by molar-refractivity contribution is 0.0734. The van der Waals surface area contributed by atoms with E-state index in [1.807, 2.05) is 64.3 Å². The molecule has 218 valence electrons. The minimum Gasteiger partial charge on any atom is -0.393 e. The fraction of sp³-hybridized carbons (Fsp3) is 0.361. The molecule has 1 amide bonds. The zero-order valence-electron chi connectivity index (χ0n) is 24.4. The van der Waals surface area contributed by atoms with Crippen molar-refractivity contribution in [2.45, 2.75) is 70.6 Å². The summed E-state index contributed by atoms with van der Waals surface area (Å²) in [4.78, 5) is 29.2. The molecule has 3 aromatic carbocycles. The van der Waals surface area contributed by atoms with Gasteiger partial charge in [-0.1, -0.05) is 72.8 Å². The maximum absolute atomic E-state index is 13.6. The number of Topliss-reactive ketones (excluding diaryl/α,β-unsaturated/α-hetero) is 1. The number of rotatable bonds is 13. The molecule has 1 N–H and O–H groups in total.